The number of hydrogen-bond acceptors (Lipinski definition) is 1. The Hall–Kier alpha value is -0.530. The van der Waals surface area contributed by atoms with Crippen LogP contribution >= 0.6 is 0 Å². The molecule has 0 saturated heterocycles. The van der Waals surface area contributed by atoms with Gasteiger partial charge in [-0.2, -0.15) is 0 Å². The van der Waals surface area contributed by atoms with Crippen LogP contribution in [-0.4, -0.2) is 11.9 Å². The highest BCUT2D eigenvalue weighted by Gasteiger charge is 2.19. The Morgan fingerprint density at radius 1 is 1.40 bits per heavy atom. The number of carbonyl (C=O) groups is 1. The van der Waals surface area contributed by atoms with Gasteiger partial charge in [0.2, 0.25) is 5.91 Å². The molecule has 0 aliphatic rings. The van der Waals surface area contributed by atoms with Gasteiger partial charge in [0.15, 0.2) is 0 Å². The lowest BCUT2D eigenvalue weighted by molar-refractivity contribution is -0.120. The zero-order chi connectivity index (χ0) is 8.36. The van der Waals surface area contributed by atoms with Crippen molar-refractivity contribution in [2.24, 2.45) is 5.41 Å². The minimum atomic E-state index is 0.0439. The fraction of sp³-hybridized carbons (Fsp3) is 0.875. The lowest BCUT2D eigenvalue weighted by Gasteiger charge is -2.27. The van der Waals surface area contributed by atoms with E-state index in [-0.39, 0.29) is 17.4 Å². The Bertz CT molecular complexity index is 124. The molecule has 0 aliphatic carbocycles. The molecular weight excluding hydrogens is 126 g/mol. The van der Waals surface area contributed by atoms with Gasteiger partial charge in [0.1, 0.15) is 0 Å². The van der Waals surface area contributed by atoms with Crippen LogP contribution in [0.5, 0.6) is 0 Å². The smallest absolute Gasteiger partial charge is 0.217 e. The van der Waals surface area contributed by atoms with Gasteiger partial charge in [-0.05, 0) is 12.3 Å². The molecule has 0 aliphatic heterocycles. The van der Waals surface area contributed by atoms with Crippen LogP contribution in [0.25, 0.3) is 0 Å². The third kappa shape index (κ3) is 3.49. The average Bonchev–Trinajstić information content (AvgIpc) is 1.60. The van der Waals surface area contributed by atoms with Crippen molar-refractivity contribution >= 4 is 5.91 Å². The van der Waals surface area contributed by atoms with Gasteiger partial charge in [-0.3, -0.25) is 4.79 Å². The Kier molecular flexibility index (Phi) is 2.88. The SMILES string of the molecule is CC(=O)N[C@@H](C)C(C)(C)C. The van der Waals surface area contributed by atoms with Gasteiger partial charge in [-0.1, -0.05) is 20.8 Å². The van der Waals surface area contributed by atoms with E-state index in [4.69, 9.17) is 0 Å². The van der Waals surface area contributed by atoms with Crippen molar-refractivity contribution < 1.29 is 4.79 Å². The highest BCUT2D eigenvalue weighted by atomic mass is 16.1. The lowest BCUT2D eigenvalue weighted by Crippen LogP contribution is -2.40. The predicted molar refractivity (Wildman–Crippen MR) is 42.7 cm³/mol. The summed E-state index contributed by atoms with van der Waals surface area (Å²) in [6, 6.07) is 0.241. The molecule has 0 spiro atoms. The van der Waals surface area contributed by atoms with E-state index in [1.807, 2.05) is 6.92 Å². The van der Waals surface area contributed by atoms with Gasteiger partial charge in [-0.25, -0.2) is 0 Å². The molecule has 60 valence electrons. The van der Waals surface area contributed by atoms with Gasteiger partial charge in [-0.15, -0.1) is 0 Å². The quantitative estimate of drug-likeness (QED) is 0.593. The van der Waals surface area contributed by atoms with Crippen molar-refractivity contribution in [3.05, 3.63) is 0 Å². The van der Waals surface area contributed by atoms with Gasteiger partial charge in [0.05, 0.1) is 0 Å². The lowest BCUT2D eigenvalue weighted by atomic mass is 9.88. The standard InChI is InChI=1S/C8H17NO/c1-6(8(3,4)5)9-7(2)10/h6H,1-5H3,(H,9,10)/t6-/m0/s1. The Morgan fingerprint density at radius 2 is 1.80 bits per heavy atom. The van der Waals surface area contributed by atoms with Crippen LogP contribution in [0.3, 0.4) is 0 Å². The maximum atomic E-state index is 10.6. The van der Waals surface area contributed by atoms with Gasteiger partial charge >= 0.3 is 0 Å². The number of nitrogens with one attached hydrogen (secondary N) is 1. The van der Waals surface area contributed by atoms with Crippen LogP contribution in [0.15, 0.2) is 0 Å². The number of carbonyl (C=O) groups excluding carboxylic acids is 1. The molecule has 0 fully saturated rings. The van der Waals surface area contributed by atoms with E-state index in [2.05, 4.69) is 26.1 Å². The monoisotopic (exact) mass is 143 g/mol. The van der Waals surface area contributed by atoms with Crippen molar-refractivity contribution in [3.8, 4) is 0 Å². The molecule has 1 atom stereocenters. The van der Waals surface area contributed by atoms with E-state index < -0.39 is 0 Å². The third-order valence-electron chi connectivity index (χ3n) is 1.72. The topological polar surface area (TPSA) is 29.1 Å². The van der Waals surface area contributed by atoms with E-state index in [9.17, 15) is 4.79 Å². The summed E-state index contributed by atoms with van der Waals surface area (Å²) < 4.78 is 0. The van der Waals surface area contributed by atoms with Crippen LogP contribution in [-0.2, 0) is 4.79 Å². The highest BCUT2D eigenvalue weighted by molar-refractivity contribution is 5.73. The van der Waals surface area contributed by atoms with Gasteiger partial charge in [0, 0.05) is 13.0 Å². The first-order chi connectivity index (χ1) is 4.34. The van der Waals surface area contributed by atoms with Crippen LogP contribution < -0.4 is 5.32 Å². The molecule has 0 radical (unpaired) electrons. The second-order valence-corrected chi connectivity index (χ2v) is 3.79. The van der Waals surface area contributed by atoms with Crippen molar-refractivity contribution in [1.82, 2.24) is 5.32 Å². The predicted octanol–water partition coefficient (Wildman–Crippen LogP) is 1.56. The molecule has 0 saturated carbocycles. The molecule has 0 aromatic rings. The molecule has 1 amide bonds. The van der Waals surface area contributed by atoms with E-state index in [0.717, 1.165) is 0 Å². The molecule has 0 aromatic heterocycles. The maximum Gasteiger partial charge on any atom is 0.217 e. The molecule has 1 N–H and O–H groups in total. The van der Waals surface area contributed by atoms with Crippen LogP contribution in [0.2, 0.25) is 0 Å². The van der Waals surface area contributed by atoms with Gasteiger partial charge in [0.25, 0.3) is 0 Å². The first kappa shape index (κ1) is 9.47. The summed E-state index contributed by atoms with van der Waals surface area (Å²) in [5, 5.41) is 2.84. The van der Waals surface area contributed by atoms with Crippen LogP contribution in [0.4, 0.5) is 0 Å². The molecule has 0 rings (SSSR count). The Morgan fingerprint density at radius 3 is 1.90 bits per heavy atom. The summed E-state index contributed by atoms with van der Waals surface area (Å²) in [7, 11) is 0. The minimum absolute atomic E-state index is 0.0439. The van der Waals surface area contributed by atoms with Crippen LogP contribution in [0, 0.1) is 5.41 Å². The summed E-state index contributed by atoms with van der Waals surface area (Å²) in [5.41, 5.74) is 0.158. The largest absolute Gasteiger partial charge is 0.353 e. The molecular formula is C8H17NO. The normalized spacial score (nSPS) is 14.5. The molecule has 2 nitrogen and oxygen atoms in total. The highest BCUT2D eigenvalue weighted by Crippen LogP contribution is 2.17. The van der Waals surface area contributed by atoms with E-state index in [1.54, 1.807) is 6.92 Å². The van der Waals surface area contributed by atoms with Crippen molar-refractivity contribution in [3.63, 3.8) is 0 Å². The molecule has 0 unspecified atom stereocenters. The fourth-order valence-electron chi connectivity index (χ4n) is 0.521. The zero-order valence-electron chi connectivity index (χ0n) is 7.49. The zero-order valence-corrected chi connectivity index (χ0v) is 7.49. The first-order valence-corrected chi connectivity index (χ1v) is 3.61. The first-order valence-electron chi connectivity index (χ1n) is 3.61. The summed E-state index contributed by atoms with van der Waals surface area (Å²) in [5.74, 6) is 0.0439. The molecule has 0 aromatic carbocycles. The second kappa shape index (κ2) is 3.04. The second-order valence-electron chi connectivity index (χ2n) is 3.79. The summed E-state index contributed by atoms with van der Waals surface area (Å²) >= 11 is 0. The van der Waals surface area contributed by atoms with Crippen LogP contribution in [0.1, 0.15) is 34.6 Å². The third-order valence-corrected chi connectivity index (χ3v) is 1.72. The van der Waals surface area contributed by atoms with Crippen molar-refractivity contribution in [2.45, 2.75) is 40.7 Å². The van der Waals surface area contributed by atoms with Crippen molar-refractivity contribution in [1.29, 1.82) is 0 Å². The summed E-state index contributed by atoms with van der Waals surface area (Å²) in [6.45, 7) is 9.87. The Labute approximate surface area is 63.0 Å². The number of hydrogen-bond donors (Lipinski definition) is 1. The molecule has 0 bridgehead atoms. The molecule has 10 heavy (non-hydrogen) atoms. The Balaban J connectivity index is 3.85. The fourth-order valence-corrected chi connectivity index (χ4v) is 0.521. The van der Waals surface area contributed by atoms with E-state index >= 15 is 0 Å². The van der Waals surface area contributed by atoms with Crippen molar-refractivity contribution in [2.75, 3.05) is 0 Å². The summed E-state index contributed by atoms with van der Waals surface area (Å²) in [4.78, 5) is 10.6. The summed E-state index contributed by atoms with van der Waals surface area (Å²) in [6.07, 6.45) is 0. The van der Waals surface area contributed by atoms with E-state index in [0.29, 0.717) is 0 Å². The van der Waals surface area contributed by atoms with Gasteiger partial charge < -0.3 is 5.32 Å². The molecule has 0 heterocycles. The average molecular weight is 143 g/mol. The maximum absolute atomic E-state index is 10.6. The minimum Gasteiger partial charge on any atom is -0.353 e. The number of rotatable bonds is 1. The molecule has 2 heteroatoms. The van der Waals surface area contributed by atoms with E-state index in [1.165, 1.54) is 0 Å². The number of amides is 1.